The topological polar surface area (TPSA) is 94.6 Å². The van der Waals surface area contributed by atoms with E-state index in [0.717, 1.165) is 77.3 Å². The molecule has 0 saturated carbocycles. The van der Waals surface area contributed by atoms with Gasteiger partial charge in [0.05, 0.1) is 19.3 Å². The van der Waals surface area contributed by atoms with Crippen LogP contribution in [0.1, 0.15) is 226 Å². The first-order valence-electron chi connectivity index (χ1n) is 24.8. The highest BCUT2D eigenvalue weighted by Crippen LogP contribution is 2.24. The Morgan fingerprint density at radius 2 is 1.03 bits per heavy atom. The van der Waals surface area contributed by atoms with Crippen LogP contribution in [-0.2, 0) is 33.3 Å². The van der Waals surface area contributed by atoms with Gasteiger partial charge in [-0.15, -0.1) is 0 Å². The fourth-order valence-electron chi connectivity index (χ4n) is 7.99. The smallest absolute Gasteiger partial charge is 0.323 e. The third-order valence-corrected chi connectivity index (χ3v) is 11.7. The Hall–Kier alpha value is -1.71. The minimum Gasteiger partial charge on any atom is -0.466 e. The highest BCUT2D eigenvalue weighted by molar-refractivity contribution is 5.76. The lowest BCUT2D eigenvalue weighted by Crippen LogP contribution is -2.38. The molecule has 9 heteroatoms. The normalized spacial score (nSPS) is 15.8. The van der Waals surface area contributed by atoms with Gasteiger partial charge in [0.1, 0.15) is 12.1 Å². The number of rotatable bonds is 42. The SMILES string of the molecule is CCCCCCCCCCCOC(=O)CCCCCN1C[C@@H](OCCCN(C)C)C[C@H]1C(=O)OCCCCC(=O)OC(CCCCCCCC)CCCCCCCC. The lowest BCUT2D eigenvalue weighted by atomic mass is 10.0. The average Bonchev–Trinajstić information content (AvgIpc) is 3.62. The van der Waals surface area contributed by atoms with Gasteiger partial charge in [-0.1, -0.05) is 143 Å². The zero-order chi connectivity index (χ0) is 42.3. The van der Waals surface area contributed by atoms with Gasteiger partial charge in [0.15, 0.2) is 0 Å². The molecule has 1 rings (SSSR count). The van der Waals surface area contributed by atoms with Crippen molar-refractivity contribution in [2.45, 2.75) is 244 Å². The molecule has 1 aliphatic rings. The number of hydrogen-bond acceptors (Lipinski definition) is 9. The summed E-state index contributed by atoms with van der Waals surface area (Å²) in [6, 6.07) is -0.324. The number of hydrogen-bond donors (Lipinski definition) is 0. The van der Waals surface area contributed by atoms with Crippen molar-refractivity contribution in [3.63, 3.8) is 0 Å². The number of carbonyl (C=O) groups is 3. The first kappa shape index (κ1) is 54.3. The molecular weight excluding hydrogens is 729 g/mol. The molecule has 1 aliphatic heterocycles. The Morgan fingerprint density at radius 1 is 0.552 bits per heavy atom. The summed E-state index contributed by atoms with van der Waals surface area (Å²) in [7, 11) is 4.13. The Kier molecular flexibility index (Phi) is 36.9. The van der Waals surface area contributed by atoms with Crippen LogP contribution in [0, 0.1) is 0 Å². The zero-order valence-corrected chi connectivity index (χ0v) is 38.9. The Labute approximate surface area is 358 Å². The summed E-state index contributed by atoms with van der Waals surface area (Å²) in [4.78, 5) is 42.9. The zero-order valence-electron chi connectivity index (χ0n) is 38.9. The molecule has 0 aliphatic carbocycles. The summed E-state index contributed by atoms with van der Waals surface area (Å²) in [5.41, 5.74) is 0. The van der Waals surface area contributed by atoms with Crippen LogP contribution in [0.2, 0.25) is 0 Å². The molecule has 0 aromatic heterocycles. The molecule has 0 unspecified atom stereocenters. The minimum atomic E-state index is -0.324. The summed E-state index contributed by atoms with van der Waals surface area (Å²) >= 11 is 0. The summed E-state index contributed by atoms with van der Waals surface area (Å²) in [6.45, 7) is 10.7. The molecule has 0 radical (unpaired) electrons. The second-order valence-electron chi connectivity index (χ2n) is 17.6. The van der Waals surface area contributed by atoms with Crippen LogP contribution in [0.15, 0.2) is 0 Å². The molecule has 2 atom stereocenters. The second kappa shape index (κ2) is 39.4. The van der Waals surface area contributed by atoms with E-state index in [4.69, 9.17) is 18.9 Å². The third-order valence-electron chi connectivity index (χ3n) is 11.7. The summed E-state index contributed by atoms with van der Waals surface area (Å²) in [6.07, 6.45) is 34.5. The molecule has 58 heavy (non-hydrogen) atoms. The summed E-state index contributed by atoms with van der Waals surface area (Å²) in [5, 5.41) is 0. The Balaban J connectivity index is 2.42. The van der Waals surface area contributed by atoms with E-state index in [0.29, 0.717) is 58.5 Å². The van der Waals surface area contributed by atoms with Gasteiger partial charge in [-0.25, -0.2) is 0 Å². The standard InChI is InChI=1S/C49H94N2O7/c1-6-9-12-15-18-19-20-23-30-39-56-47(52)35-27-24-29-38-51-43-45(55-41-32-37-50(4)5)42-46(51)49(54)57-40-31-28-36-48(53)58-44(33-25-21-16-13-10-7-2)34-26-22-17-14-11-8-3/h44-46H,6-43H2,1-5H3/t45-,46-/m0/s1. The summed E-state index contributed by atoms with van der Waals surface area (Å²) in [5.74, 6) is -0.403. The van der Waals surface area contributed by atoms with Crippen molar-refractivity contribution in [1.82, 2.24) is 9.80 Å². The van der Waals surface area contributed by atoms with Crippen molar-refractivity contribution in [2.75, 3.05) is 53.6 Å². The maximum absolute atomic E-state index is 13.4. The molecule has 0 N–H and O–H groups in total. The lowest BCUT2D eigenvalue weighted by molar-refractivity contribution is -0.150. The largest absolute Gasteiger partial charge is 0.466 e. The van der Waals surface area contributed by atoms with E-state index in [9.17, 15) is 14.4 Å². The van der Waals surface area contributed by atoms with Crippen molar-refractivity contribution in [2.24, 2.45) is 0 Å². The van der Waals surface area contributed by atoms with Crippen LogP contribution in [0.25, 0.3) is 0 Å². The van der Waals surface area contributed by atoms with Gasteiger partial charge in [0.25, 0.3) is 0 Å². The highest BCUT2D eigenvalue weighted by Gasteiger charge is 2.38. The number of carbonyl (C=O) groups excluding carboxylic acids is 3. The molecular formula is C49H94N2O7. The highest BCUT2D eigenvalue weighted by atomic mass is 16.5. The molecule has 342 valence electrons. The maximum atomic E-state index is 13.4. The molecule has 1 heterocycles. The van der Waals surface area contributed by atoms with Gasteiger partial charge in [0.2, 0.25) is 0 Å². The molecule has 0 aromatic carbocycles. The fraction of sp³-hybridized carbons (Fsp3) is 0.939. The van der Waals surface area contributed by atoms with Gasteiger partial charge >= 0.3 is 17.9 Å². The van der Waals surface area contributed by atoms with Gasteiger partial charge in [-0.3, -0.25) is 19.3 Å². The van der Waals surface area contributed by atoms with E-state index in [1.807, 2.05) is 0 Å². The Bertz CT molecular complexity index is 947. The van der Waals surface area contributed by atoms with Gasteiger partial charge in [0, 0.05) is 32.4 Å². The number of nitrogens with zero attached hydrogens (tertiary/aromatic N) is 2. The van der Waals surface area contributed by atoms with Gasteiger partial charge in [-0.05, 0) is 91.4 Å². The predicted octanol–water partition coefficient (Wildman–Crippen LogP) is 12.2. The Morgan fingerprint density at radius 3 is 1.62 bits per heavy atom. The summed E-state index contributed by atoms with van der Waals surface area (Å²) < 4.78 is 23.5. The van der Waals surface area contributed by atoms with Crippen molar-refractivity contribution >= 4 is 17.9 Å². The molecule has 0 bridgehead atoms. The van der Waals surface area contributed by atoms with E-state index in [2.05, 4.69) is 44.7 Å². The van der Waals surface area contributed by atoms with Gasteiger partial charge in [-0.2, -0.15) is 0 Å². The first-order valence-corrected chi connectivity index (χ1v) is 24.8. The number of esters is 3. The van der Waals surface area contributed by atoms with Crippen LogP contribution >= 0.6 is 0 Å². The van der Waals surface area contributed by atoms with Crippen LogP contribution in [0.5, 0.6) is 0 Å². The van der Waals surface area contributed by atoms with E-state index in [1.165, 1.54) is 109 Å². The quantitative estimate of drug-likeness (QED) is 0.0339. The molecule has 0 aromatic rings. The maximum Gasteiger partial charge on any atom is 0.323 e. The third kappa shape index (κ3) is 32.1. The number of ether oxygens (including phenoxy) is 4. The second-order valence-corrected chi connectivity index (χ2v) is 17.6. The van der Waals surface area contributed by atoms with E-state index in [-0.39, 0.29) is 36.2 Å². The predicted molar refractivity (Wildman–Crippen MR) is 240 cm³/mol. The lowest BCUT2D eigenvalue weighted by Gasteiger charge is -2.22. The van der Waals surface area contributed by atoms with E-state index >= 15 is 0 Å². The van der Waals surface area contributed by atoms with Gasteiger partial charge < -0.3 is 23.8 Å². The van der Waals surface area contributed by atoms with Crippen molar-refractivity contribution < 1.29 is 33.3 Å². The van der Waals surface area contributed by atoms with Crippen LogP contribution < -0.4 is 0 Å². The number of unbranched alkanes of at least 4 members (excludes halogenated alkanes) is 21. The van der Waals surface area contributed by atoms with Crippen LogP contribution in [-0.4, -0.2) is 99.5 Å². The van der Waals surface area contributed by atoms with Crippen molar-refractivity contribution in [1.29, 1.82) is 0 Å². The van der Waals surface area contributed by atoms with Crippen molar-refractivity contribution in [3.8, 4) is 0 Å². The van der Waals surface area contributed by atoms with Crippen LogP contribution in [0.3, 0.4) is 0 Å². The van der Waals surface area contributed by atoms with Crippen LogP contribution in [0.4, 0.5) is 0 Å². The molecule has 1 fully saturated rings. The average molecular weight is 823 g/mol. The molecule has 9 nitrogen and oxygen atoms in total. The monoisotopic (exact) mass is 823 g/mol. The fourth-order valence-corrected chi connectivity index (χ4v) is 7.99. The van der Waals surface area contributed by atoms with E-state index in [1.54, 1.807) is 0 Å². The minimum absolute atomic E-state index is 0.00569. The number of likely N-dealkylation sites (tertiary alicyclic amines) is 1. The molecule has 0 amide bonds. The van der Waals surface area contributed by atoms with E-state index < -0.39 is 0 Å². The first-order chi connectivity index (χ1) is 28.3. The molecule has 0 spiro atoms. The van der Waals surface area contributed by atoms with Crippen molar-refractivity contribution in [3.05, 3.63) is 0 Å². The molecule has 1 saturated heterocycles.